The number of carboxylic acid groups (broad SMARTS) is 1. The van der Waals surface area contributed by atoms with Crippen molar-refractivity contribution < 1.29 is 28.6 Å². The Balaban J connectivity index is 2.79. The third kappa shape index (κ3) is 4.92. The van der Waals surface area contributed by atoms with Crippen LogP contribution < -0.4 is 0 Å². The van der Waals surface area contributed by atoms with Crippen molar-refractivity contribution in [3.63, 3.8) is 0 Å². The summed E-state index contributed by atoms with van der Waals surface area (Å²) in [7, 11) is 0. The highest BCUT2D eigenvalue weighted by Crippen LogP contribution is 2.24. The molecule has 0 bridgehead atoms. The number of aliphatic hydroxyl groups excluding tert-OH is 1. The summed E-state index contributed by atoms with van der Waals surface area (Å²) in [5.41, 5.74) is 0. The van der Waals surface area contributed by atoms with Gasteiger partial charge < -0.3 is 20.0 Å². The first kappa shape index (κ1) is 16.6. The highest BCUT2D eigenvalue weighted by molar-refractivity contribution is 5.80. The molecule has 0 heterocycles. The van der Waals surface area contributed by atoms with Gasteiger partial charge in [-0.05, 0) is 12.8 Å². The predicted octanol–water partition coefficient (Wildman–Crippen LogP) is 0.995. The lowest BCUT2D eigenvalue weighted by molar-refractivity contribution is -0.138. The largest absolute Gasteiger partial charge is 0.480 e. The zero-order chi connectivity index (χ0) is 15.1. The molecule has 2 N–H and O–H groups in total. The Bertz CT molecular complexity index is 335. The molecule has 1 aliphatic rings. The van der Waals surface area contributed by atoms with Gasteiger partial charge in [-0.15, -0.1) is 0 Å². The lowest BCUT2D eigenvalue weighted by atomic mass is 10.2. The van der Waals surface area contributed by atoms with Gasteiger partial charge in [0, 0.05) is 12.6 Å². The number of nitrogens with zero attached hydrogens (tertiary/aromatic N) is 2. The number of rotatable bonds is 7. The molecule has 1 aliphatic carbocycles. The van der Waals surface area contributed by atoms with Crippen LogP contribution in [0.1, 0.15) is 25.7 Å². The van der Waals surface area contributed by atoms with Crippen LogP contribution in [0.5, 0.6) is 0 Å². The number of aliphatic hydroxyl groups is 1. The average molecular weight is 294 g/mol. The number of aliphatic carboxylic acids is 1. The number of hydrogen-bond acceptors (Lipinski definition) is 3. The van der Waals surface area contributed by atoms with E-state index >= 15 is 0 Å². The summed E-state index contributed by atoms with van der Waals surface area (Å²) in [5, 5.41) is 17.7. The molecule has 0 aromatic heterocycles. The zero-order valence-corrected chi connectivity index (χ0v) is 11.2. The van der Waals surface area contributed by atoms with E-state index in [1.807, 2.05) is 0 Å². The summed E-state index contributed by atoms with van der Waals surface area (Å²) in [5.74, 6) is -1.17. The van der Waals surface area contributed by atoms with Gasteiger partial charge in [-0.2, -0.15) is 0 Å². The SMILES string of the molecule is O=C(O)CN(C(=O)N(CCO)CC(F)F)C1CCCC1. The first-order valence-electron chi connectivity index (χ1n) is 6.62. The molecule has 20 heavy (non-hydrogen) atoms. The van der Waals surface area contributed by atoms with E-state index < -0.39 is 38.1 Å². The highest BCUT2D eigenvalue weighted by atomic mass is 19.3. The monoisotopic (exact) mass is 294 g/mol. The Hall–Kier alpha value is -1.44. The maximum atomic E-state index is 12.5. The van der Waals surface area contributed by atoms with Crippen molar-refractivity contribution in [1.82, 2.24) is 9.80 Å². The fourth-order valence-corrected chi connectivity index (χ4v) is 2.45. The number of halogens is 2. The molecule has 2 amide bonds. The summed E-state index contributed by atoms with van der Waals surface area (Å²) in [6, 6.07) is -0.967. The number of urea groups is 1. The molecule has 116 valence electrons. The molecular weight excluding hydrogens is 274 g/mol. The van der Waals surface area contributed by atoms with Crippen LogP contribution in [-0.4, -0.2) is 70.7 Å². The minimum atomic E-state index is -2.72. The predicted molar refractivity (Wildman–Crippen MR) is 66.7 cm³/mol. The van der Waals surface area contributed by atoms with Crippen LogP contribution >= 0.6 is 0 Å². The van der Waals surface area contributed by atoms with Crippen LogP contribution in [0.25, 0.3) is 0 Å². The standard InChI is InChI=1S/C12H20F2N2O4/c13-10(14)7-15(5-6-17)12(20)16(8-11(18)19)9-3-1-2-4-9/h9-10,17H,1-8H2,(H,18,19). The normalized spacial score (nSPS) is 15.6. The summed E-state index contributed by atoms with van der Waals surface area (Å²) in [4.78, 5) is 25.0. The molecule has 0 aliphatic heterocycles. The molecular formula is C12H20F2N2O4. The van der Waals surface area contributed by atoms with Crippen LogP contribution in [0.3, 0.4) is 0 Å². The average Bonchev–Trinajstić information content (AvgIpc) is 2.87. The second-order valence-corrected chi connectivity index (χ2v) is 4.80. The first-order valence-corrected chi connectivity index (χ1v) is 6.62. The fourth-order valence-electron chi connectivity index (χ4n) is 2.45. The van der Waals surface area contributed by atoms with Crippen LogP contribution in [0.2, 0.25) is 0 Å². The summed E-state index contributed by atoms with van der Waals surface area (Å²) >= 11 is 0. The molecule has 1 rings (SSSR count). The van der Waals surface area contributed by atoms with Crippen molar-refractivity contribution in [2.45, 2.75) is 38.2 Å². The Labute approximate surface area is 116 Å². The molecule has 0 saturated heterocycles. The number of amides is 2. The molecule has 0 atom stereocenters. The molecule has 0 unspecified atom stereocenters. The summed E-state index contributed by atoms with van der Waals surface area (Å²) in [6.45, 7) is -1.98. The van der Waals surface area contributed by atoms with Gasteiger partial charge in [0.25, 0.3) is 6.43 Å². The quantitative estimate of drug-likeness (QED) is 0.734. The molecule has 0 aromatic carbocycles. The van der Waals surface area contributed by atoms with Gasteiger partial charge in [0.1, 0.15) is 6.54 Å². The summed E-state index contributed by atoms with van der Waals surface area (Å²) < 4.78 is 24.9. The van der Waals surface area contributed by atoms with Crippen molar-refractivity contribution in [1.29, 1.82) is 0 Å². The number of alkyl halides is 2. The minimum Gasteiger partial charge on any atom is -0.480 e. The second kappa shape index (κ2) is 7.98. The minimum absolute atomic E-state index is 0.225. The van der Waals surface area contributed by atoms with E-state index in [1.54, 1.807) is 0 Å². The number of carboxylic acids is 1. The van der Waals surface area contributed by atoms with E-state index in [9.17, 15) is 18.4 Å². The maximum absolute atomic E-state index is 12.5. The second-order valence-electron chi connectivity index (χ2n) is 4.80. The van der Waals surface area contributed by atoms with Crippen LogP contribution in [0, 0.1) is 0 Å². The van der Waals surface area contributed by atoms with Gasteiger partial charge in [0.15, 0.2) is 0 Å². The third-order valence-electron chi connectivity index (χ3n) is 3.32. The van der Waals surface area contributed by atoms with Crippen LogP contribution in [0.4, 0.5) is 13.6 Å². The van der Waals surface area contributed by atoms with E-state index in [2.05, 4.69) is 0 Å². The molecule has 0 spiro atoms. The third-order valence-corrected chi connectivity index (χ3v) is 3.32. The number of carbonyl (C=O) groups is 2. The van der Waals surface area contributed by atoms with E-state index in [4.69, 9.17) is 10.2 Å². The number of hydrogen-bond donors (Lipinski definition) is 2. The first-order chi connectivity index (χ1) is 9.45. The fraction of sp³-hybridized carbons (Fsp3) is 0.833. The Morgan fingerprint density at radius 1 is 1.25 bits per heavy atom. The van der Waals surface area contributed by atoms with Crippen LogP contribution in [0.15, 0.2) is 0 Å². The smallest absolute Gasteiger partial charge is 0.323 e. The molecule has 0 aromatic rings. The zero-order valence-electron chi connectivity index (χ0n) is 11.2. The van der Waals surface area contributed by atoms with E-state index in [-0.39, 0.29) is 12.6 Å². The lowest BCUT2D eigenvalue weighted by Gasteiger charge is -2.33. The molecule has 1 fully saturated rings. The highest BCUT2D eigenvalue weighted by Gasteiger charge is 2.32. The lowest BCUT2D eigenvalue weighted by Crippen LogP contribution is -2.51. The Kier molecular flexibility index (Phi) is 6.63. The van der Waals surface area contributed by atoms with Crippen molar-refractivity contribution in [2.24, 2.45) is 0 Å². The number of carbonyl (C=O) groups excluding carboxylic acids is 1. The van der Waals surface area contributed by atoms with Crippen LogP contribution in [-0.2, 0) is 4.79 Å². The molecule has 6 nitrogen and oxygen atoms in total. The van der Waals surface area contributed by atoms with Gasteiger partial charge in [-0.3, -0.25) is 4.79 Å². The van der Waals surface area contributed by atoms with Crippen molar-refractivity contribution in [3.05, 3.63) is 0 Å². The van der Waals surface area contributed by atoms with E-state index in [0.29, 0.717) is 12.8 Å². The van der Waals surface area contributed by atoms with Gasteiger partial charge >= 0.3 is 12.0 Å². The molecule has 0 radical (unpaired) electrons. The molecule has 1 saturated carbocycles. The van der Waals surface area contributed by atoms with E-state index in [1.165, 1.54) is 0 Å². The topological polar surface area (TPSA) is 81.1 Å². The van der Waals surface area contributed by atoms with E-state index in [0.717, 1.165) is 22.6 Å². The van der Waals surface area contributed by atoms with Gasteiger partial charge in [-0.1, -0.05) is 12.8 Å². The maximum Gasteiger partial charge on any atom is 0.323 e. The Morgan fingerprint density at radius 2 is 1.85 bits per heavy atom. The summed E-state index contributed by atoms with van der Waals surface area (Å²) in [6.07, 6.45) is 0.424. The van der Waals surface area contributed by atoms with Crippen molar-refractivity contribution in [2.75, 3.05) is 26.2 Å². The van der Waals surface area contributed by atoms with Gasteiger partial charge in [0.05, 0.1) is 13.2 Å². The Morgan fingerprint density at radius 3 is 2.30 bits per heavy atom. The molecule has 8 heteroatoms. The van der Waals surface area contributed by atoms with Gasteiger partial charge in [-0.25, -0.2) is 13.6 Å². The van der Waals surface area contributed by atoms with Gasteiger partial charge in [0.2, 0.25) is 0 Å². The van der Waals surface area contributed by atoms with Crippen molar-refractivity contribution in [3.8, 4) is 0 Å². The van der Waals surface area contributed by atoms with Crippen molar-refractivity contribution >= 4 is 12.0 Å².